The van der Waals surface area contributed by atoms with Gasteiger partial charge in [0.1, 0.15) is 6.33 Å². The normalized spacial score (nSPS) is 12.9. The van der Waals surface area contributed by atoms with Crippen LogP contribution in [0.1, 0.15) is 5.56 Å². The molecule has 0 atom stereocenters. The van der Waals surface area contributed by atoms with E-state index in [1.165, 1.54) is 18.1 Å². The van der Waals surface area contributed by atoms with Crippen molar-refractivity contribution in [2.24, 2.45) is 0 Å². The standard InChI is InChI=1S/C18H13ClN4O2S/c19-13-5-7-14(8-6-13)26-18-16(23(24)25)17(20-11-21-18)22-10-9-12-3-1-2-4-15(12)22/h1-8,11H,9-10H2. The molecule has 26 heavy (non-hydrogen) atoms. The third-order valence-corrected chi connectivity index (χ3v) is 5.37. The monoisotopic (exact) mass is 384 g/mol. The summed E-state index contributed by atoms with van der Waals surface area (Å²) in [5.74, 6) is 0.325. The summed E-state index contributed by atoms with van der Waals surface area (Å²) in [6.07, 6.45) is 2.21. The van der Waals surface area contributed by atoms with Gasteiger partial charge >= 0.3 is 5.69 Å². The summed E-state index contributed by atoms with van der Waals surface area (Å²) in [7, 11) is 0. The minimum Gasteiger partial charge on any atom is -0.320 e. The van der Waals surface area contributed by atoms with E-state index in [1.807, 2.05) is 41.3 Å². The van der Waals surface area contributed by atoms with Gasteiger partial charge in [-0.1, -0.05) is 41.6 Å². The average molecular weight is 385 g/mol. The van der Waals surface area contributed by atoms with Crippen molar-refractivity contribution < 1.29 is 4.92 Å². The first-order valence-electron chi connectivity index (χ1n) is 7.92. The van der Waals surface area contributed by atoms with Crippen LogP contribution in [0.3, 0.4) is 0 Å². The highest BCUT2D eigenvalue weighted by atomic mass is 35.5. The smallest absolute Gasteiger partial charge is 0.320 e. The zero-order valence-corrected chi connectivity index (χ0v) is 15.1. The summed E-state index contributed by atoms with van der Waals surface area (Å²) < 4.78 is 0. The fraction of sp³-hybridized carbons (Fsp3) is 0.111. The zero-order valence-electron chi connectivity index (χ0n) is 13.5. The molecule has 2 heterocycles. The predicted octanol–water partition coefficient (Wildman–Crippen LogP) is 4.88. The topological polar surface area (TPSA) is 72.2 Å². The van der Waals surface area contributed by atoms with Crippen molar-refractivity contribution in [1.29, 1.82) is 0 Å². The first kappa shape index (κ1) is 16.8. The van der Waals surface area contributed by atoms with E-state index in [4.69, 9.17) is 11.6 Å². The molecular formula is C18H13ClN4O2S. The molecule has 6 nitrogen and oxygen atoms in total. The number of halogens is 1. The quantitative estimate of drug-likeness (QED) is 0.362. The van der Waals surface area contributed by atoms with Crippen LogP contribution < -0.4 is 4.90 Å². The number of fused-ring (bicyclic) bond motifs is 1. The lowest BCUT2D eigenvalue weighted by molar-refractivity contribution is -0.387. The Kier molecular flexibility index (Phi) is 4.48. The van der Waals surface area contributed by atoms with Gasteiger partial charge in [0.25, 0.3) is 0 Å². The van der Waals surface area contributed by atoms with Crippen molar-refractivity contribution >= 4 is 40.6 Å². The fourth-order valence-electron chi connectivity index (χ4n) is 2.96. The Labute approximate surface area is 159 Å². The van der Waals surface area contributed by atoms with E-state index in [0.29, 0.717) is 22.4 Å². The van der Waals surface area contributed by atoms with Crippen molar-refractivity contribution in [3.8, 4) is 0 Å². The van der Waals surface area contributed by atoms with Gasteiger partial charge in [0.2, 0.25) is 5.82 Å². The molecule has 8 heteroatoms. The van der Waals surface area contributed by atoms with Gasteiger partial charge in [-0.2, -0.15) is 0 Å². The minimum absolute atomic E-state index is 0.0795. The zero-order chi connectivity index (χ0) is 18.1. The van der Waals surface area contributed by atoms with Gasteiger partial charge in [0, 0.05) is 22.2 Å². The van der Waals surface area contributed by atoms with Crippen LogP contribution in [0.25, 0.3) is 0 Å². The number of hydrogen-bond acceptors (Lipinski definition) is 6. The SMILES string of the molecule is O=[N+]([O-])c1c(Sc2ccc(Cl)cc2)ncnc1N1CCc2ccccc21. The number of nitro groups is 1. The largest absolute Gasteiger partial charge is 0.344 e. The molecule has 0 saturated carbocycles. The molecule has 130 valence electrons. The summed E-state index contributed by atoms with van der Waals surface area (Å²) in [6.45, 7) is 0.655. The highest BCUT2D eigenvalue weighted by molar-refractivity contribution is 7.99. The third kappa shape index (κ3) is 3.11. The number of para-hydroxylation sites is 1. The molecule has 0 unspecified atom stereocenters. The van der Waals surface area contributed by atoms with Gasteiger partial charge in [0.05, 0.1) is 4.92 Å². The maximum absolute atomic E-state index is 11.8. The molecule has 0 N–H and O–H groups in total. The molecule has 1 aromatic heterocycles. The second kappa shape index (κ2) is 6.93. The van der Waals surface area contributed by atoms with E-state index >= 15 is 0 Å². The summed E-state index contributed by atoms with van der Waals surface area (Å²) in [4.78, 5) is 22.5. The Morgan fingerprint density at radius 3 is 2.65 bits per heavy atom. The molecule has 2 aromatic carbocycles. The Bertz CT molecular complexity index is 981. The number of hydrogen-bond donors (Lipinski definition) is 0. The van der Waals surface area contributed by atoms with E-state index in [-0.39, 0.29) is 5.69 Å². The second-order valence-electron chi connectivity index (χ2n) is 5.69. The molecule has 0 aliphatic carbocycles. The molecule has 0 amide bonds. The first-order valence-corrected chi connectivity index (χ1v) is 9.11. The molecule has 0 fully saturated rings. The lowest BCUT2D eigenvalue weighted by Gasteiger charge is -2.18. The number of benzene rings is 2. The van der Waals surface area contributed by atoms with Crippen LogP contribution in [-0.2, 0) is 6.42 Å². The number of aromatic nitrogens is 2. The van der Waals surface area contributed by atoms with Crippen LogP contribution in [0.15, 0.2) is 64.8 Å². The summed E-state index contributed by atoms with van der Waals surface area (Å²) in [5.41, 5.74) is 2.04. The molecule has 0 bridgehead atoms. The highest BCUT2D eigenvalue weighted by Crippen LogP contribution is 2.42. The van der Waals surface area contributed by atoms with Crippen LogP contribution in [0, 0.1) is 10.1 Å². The van der Waals surface area contributed by atoms with Crippen molar-refractivity contribution in [3.63, 3.8) is 0 Å². The van der Waals surface area contributed by atoms with Crippen molar-refractivity contribution in [3.05, 3.63) is 75.6 Å². The van der Waals surface area contributed by atoms with E-state index in [2.05, 4.69) is 9.97 Å². The van der Waals surface area contributed by atoms with Gasteiger partial charge in [-0.25, -0.2) is 9.97 Å². The summed E-state index contributed by atoms with van der Waals surface area (Å²) in [5, 5.41) is 12.7. The van der Waals surface area contributed by atoms with Crippen molar-refractivity contribution in [1.82, 2.24) is 9.97 Å². The predicted molar refractivity (Wildman–Crippen MR) is 101 cm³/mol. The fourth-order valence-corrected chi connectivity index (χ4v) is 3.94. The Morgan fingerprint density at radius 1 is 1.12 bits per heavy atom. The van der Waals surface area contributed by atoms with Gasteiger partial charge < -0.3 is 4.90 Å². The minimum atomic E-state index is -0.408. The molecule has 0 radical (unpaired) electrons. The Balaban J connectivity index is 1.77. The van der Waals surface area contributed by atoms with E-state index in [1.54, 1.807) is 12.1 Å². The molecule has 4 rings (SSSR count). The molecular weight excluding hydrogens is 372 g/mol. The Hall–Kier alpha value is -2.64. The lowest BCUT2D eigenvalue weighted by atomic mass is 10.2. The van der Waals surface area contributed by atoms with Gasteiger partial charge in [-0.05, 0) is 42.3 Å². The van der Waals surface area contributed by atoms with Gasteiger partial charge in [-0.3, -0.25) is 10.1 Å². The molecule has 3 aromatic rings. The van der Waals surface area contributed by atoms with Crippen molar-refractivity contribution in [2.45, 2.75) is 16.3 Å². The average Bonchev–Trinajstić information content (AvgIpc) is 3.07. The van der Waals surface area contributed by atoms with Crippen LogP contribution in [0.5, 0.6) is 0 Å². The van der Waals surface area contributed by atoms with E-state index in [0.717, 1.165) is 22.6 Å². The molecule has 0 spiro atoms. The molecule has 1 aliphatic heterocycles. The lowest BCUT2D eigenvalue weighted by Crippen LogP contribution is -2.17. The van der Waals surface area contributed by atoms with E-state index in [9.17, 15) is 10.1 Å². The maximum atomic E-state index is 11.8. The second-order valence-corrected chi connectivity index (χ2v) is 7.19. The van der Waals surface area contributed by atoms with E-state index < -0.39 is 4.92 Å². The van der Waals surface area contributed by atoms with Gasteiger partial charge in [-0.15, -0.1) is 0 Å². The van der Waals surface area contributed by atoms with Gasteiger partial charge in [0.15, 0.2) is 5.03 Å². The first-order chi connectivity index (χ1) is 12.6. The summed E-state index contributed by atoms with van der Waals surface area (Å²) in [6, 6.07) is 15.0. The van der Waals surface area contributed by atoms with Crippen LogP contribution in [0.4, 0.5) is 17.2 Å². The molecule has 0 saturated heterocycles. The van der Waals surface area contributed by atoms with Crippen LogP contribution in [0.2, 0.25) is 5.02 Å². The number of nitrogens with zero attached hydrogens (tertiary/aromatic N) is 4. The highest BCUT2D eigenvalue weighted by Gasteiger charge is 2.31. The van der Waals surface area contributed by atoms with Crippen LogP contribution >= 0.6 is 23.4 Å². The number of rotatable bonds is 4. The number of anilines is 2. The summed E-state index contributed by atoms with van der Waals surface area (Å²) >= 11 is 7.13. The Morgan fingerprint density at radius 2 is 1.88 bits per heavy atom. The van der Waals surface area contributed by atoms with Crippen LogP contribution in [-0.4, -0.2) is 21.4 Å². The maximum Gasteiger partial charge on any atom is 0.344 e. The third-order valence-electron chi connectivity index (χ3n) is 4.12. The molecule has 1 aliphatic rings. The van der Waals surface area contributed by atoms with Crippen molar-refractivity contribution in [2.75, 3.05) is 11.4 Å².